The molecule has 0 spiro atoms. The molecule has 0 aliphatic heterocycles. The van der Waals surface area contributed by atoms with Crippen LogP contribution in [0.1, 0.15) is 49.1 Å². The van der Waals surface area contributed by atoms with E-state index in [-0.39, 0.29) is 11.3 Å². The van der Waals surface area contributed by atoms with Crippen molar-refractivity contribution >= 4 is 6.03 Å². The van der Waals surface area contributed by atoms with Gasteiger partial charge in [0.15, 0.2) is 0 Å². The Morgan fingerprint density at radius 3 is 2.25 bits per heavy atom. The highest BCUT2D eigenvalue weighted by Gasteiger charge is 2.30. The predicted molar refractivity (Wildman–Crippen MR) is 98.7 cm³/mol. The van der Waals surface area contributed by atoms with Gasteiger partial charge in [0.2, 0.25) is 0 Å². The van der Waals surface area contributed by atoms with Crippen LogP contribution in [0.15, 0.2) is 48.5 Å². The van der Waals surface area contributed by atoms with Crippen molar-refractivity contribution in [1.29, 1.82) is 0 Å². The van der Waals surface area contributed by atoms with E-state index >= 15 is 0 Å². The summed E-state index contributed by atoms with van der Waals surface area (Å²) in [5.74, 6) is 0.0794. The summed E-state index contributed by atoms with van der Waals surface area (Å²) >= 11 is 0. The summed E-state index contributed by atoms with van der Waals surface area (Å²) in [6, 6.07) is 9.03. The number of phenols is 1. The Balaban J connectivity index is 2.01. The first kappa shape index (κ1) is 21.6. The number of halogens is 3. The molecule has 0 aliphatic rings. The van der Waals surface area contributed by atoms with Crippen LogP contribution in [0.3, 0.4) is 0 Å². The molecule has 0 heterocycles. The van der Waals surface area contributed by atoms with Gasteiger partial charge < -0.3 is 20.8 Å². The van der Waals surface area contributed by atoms with E-state index < -0.39 is 36.0 Å². The number of hydrogen-bond acceptors (Lipinski definition) is 3. The van der Waals surface area contributed by atoms with E-state index in [4.69, 9.17) is 0 Å². The molecule has 152 valence electrons. The minimum atomic E-state index is -4.45. The molecule has 3 atom stereocenters. The third-order valence-corrected chi connectivity index (χ3v) is 4.43. The predicted octanol–water partition coefficient (Wildman–Crippen LogP) is 4.28. The van der Waals surface area contributed by atoms with Crippen molar-refractivity contribution in [3.05, 3.63) is 65.2 Å². The lowest BCUT2D eigenvalue weighted by Crippen LogP contribution is -2.45. The first-order valence-corrected chi connectivity index (χ1v) is 8.83. The third-order valence-electron chi connectivity index (χ3n) is 4.43. The number of rotatable bonds is 6. The van der Waals surface area contributed by atoms with Gasteiger partial charge in [-0.2, -0.15) is 13.2 Å². The Morgan fingerprint density at radius 2 is 1.71 bits per heavy atom. The second-order valence-electron chi connectivity index (χ2n) is 6.51. The summed E-state index contributed by atoms with van der Waals surface area (Å²) < 4.78 is 38.0. The fourth-order valence-electron chi connectivity index (χ4n) is 2.79. The molecular weight excluding hydrogens is 373 g/mol. The molecule has 2 amide bonds. The lowest BCUT2D eigenvalue weighted by Gasteiger charge is -2.25. The maximum Gasteiger partial charge on any atom is 0.416 e. The van der Waals surface area contributed by atoms with E-state index in [1.54, 1.807) is 26.0 Å². The summed E-state index contributed by atoms with van der Waals surface area (Å²) in [4.78, 5) is 12.3. The Bertz CT molecular complexity index is 794. The van der Waals surface area contributed by atoms with Gasteiger partial charge in [-0.05, 0) is 48.7 Å². The van der Waals surface area contributed by atoms with E-state index in [1.165, 1.54) is 24.3 Å². The Hall–Kier alpha value is -2.74. The molecule has 0 bridgehead atoms. The van der Waals surface area contributed by atoms with Crippen LogP contribution in [0, 0.1) is 0 Å². The van der Waals surface area contributed by atoms with Crippen LogP contribution in [0.2, 0.25) is 0 Å². The molecule has 0 radical (unpaired) electrons. The van der Waals surface area contributed by atoms with Crippen LogP contribution in [0.25, 0.3) is 0 Å². The quantitative estimate of drug-likeness (QED) is 0.588. The molecule has 0 aliphatic carbocycles. The van der Waals surface area contributed by atoms with Crippen molar-refractivity contribution in [2.75, 3.05) is 0 Å². The largest absolute Gasteiger partial charge is 0.508 e. The maximum absolute atomic E-state index is 12.7. The van der Waals surface area contributed by atoms with Crippen molar-refractivity contribution in [3.8, 4) is 5.75 Å². The average molecular weight is 396 g/mol. The SMILES string of the molecule is CCC(NC(=O)N[C@H](C)c1cccc(O)c1)C(O)c1ccc(C(F)(F)F)cc1. The first-order chi connectivity index (χ1) is 13.1. The van der Waals surface area contributed by atoms with E-state index in [9.17, 15) is 28.2 Å². The van der Waals surface area contributed by atoms with Gasteiger partial charge in [0.25, 0.3) is 0 Å². The summed E-state index contributed by atoms with van der Waals surface area (Å²) in [6.07, 6.45) is -5.24. The number of nitrogens with one attached hydrogen (secondary N) is 2. The molecule has 0 saturated heterocycles. The molecule has 2 rings (SSSR count). The van der Waals surface area contributed by atoms with Crippen molar-refractivity contribution in [3.63, 3.8) is 0 Å². The van der Waals surface area contributed by atoms with Gasteiger partial charge in [0.05, 0.1) is 23.8 Å². The number of carbonyl (C=O) groups is 1. The van der Waals surface area contributed by atoms with Gasteiger partial charge >= 0.3 is 12.2 Å². The van der Waals surface area contributed by atoms with Gasteiger partial charge in [0, 0.05) is 0 Å². The van der Waals surface area contributed by atoms with Gasteiger partial charge in [-0.15, -0.1) is 0 Å². The molecule has 0 saturated carbocycles. The zero-order chi connectivity index (χ0) is 20.9. The number of aliphatic hydroxyl groups is 1. The Labute approximate surface area is 161 Å². The highest BCUT2D eigenvalue weighted by atomic mass is 19.4. The standard InChI is InChI=1S/C20H23F3N2O3/c1-3-17(18(27)13-7-9-15(10-8-13)20(21,22)23)25-19(28)24-12(2)14-5-4-6-16(26)11-14/h4-12,17-18,26-27H,3H2,1-2H3,(H2,24,25,28)/t12-,17?,18?/m1/s1. The minimum Gasteiger partial charge on any atom is -0.508 e. The number of benzene rings is 2. The van der Waals surface area contributed by atoms with Gasteiger partial charge in [-0.1, -0.05) is 31.2 Å². The zero-order valence-corrected chi connectivity index (χ0v) is 15.5. The molecule has 5 nitrogen and oxygen atoms in total. The van der Waals surface area contributed by atoms with Crippen molar-refractivity contribution < 1.29 is 28.2 Å². The average Bonchev–Trinajstić information content (AvgIpc) is 2.65. The van der Waals surface area contributed by atoms with Crippen LogP contribution in [0.4, 0.5) is 18.0 Å². The van der Waals surface area contributed by atoms with Gasteiger partial charge in [-0.3, -0.25) is 0 Å². The van der Waals surface area contributed by atoms with E-state index in [2.05, 4.69) is 10.6 Å². The van der Waals surface area contributed by atoms with Gasteiger partial charge in [-0.25, -0.2) is 4.79 Å². The normalized spacial score (nSPS) is 14.8. The zero-order valence-electron chi connectivity index (χ0n) is 15.5. The van der Waals surface area contributed by atoms with Crippen LogP contribution in [-0.2, 0) is 6.18 Å². The lowest BCUT2D eigenvalue weighted by molar-refractivity contribution is -0.137. The molecule has 2 aromatic carbocycles. The van der Waals surface area contributed by atoms with E-state index in [1.807, 2.05) is 0 Å². The van der Waals surface area contributed by atoms with Crippen molar-refractivity contribution in [2.45, 2.75) is 44.6 Å². The van der Waals surface area contributed by atoms with Gasteiger partial charge in [0.1, 0.15) is 5.75 Å². The highest BCUT2D eigenvalue weighted by Crippen LogP contribution is 2.30. The number of aliphatic hydroxyl groups excluding tert-OH is 1. The number of hydrogen-bond donors (Lipinski definition) is 4. The number of urea groups is 1. The number of carbonyl (C=O) groups excluding carboxylic acids is 1. The number of alkyl halides is 3. The van der Waals surface area contributed by atoms with E-state index in [0.717, 1.165) is 12.1 Å². The van der Waals surface area contributed by atoms with Crippen LogP contribution in [-0.4, -0.2) is 22.3 Å². The summed E-state index contributed by atoms with van der Waals surface area (Å²) in [6.45, 7) is 3.48. The fourth-order valence-corrected chi connectivity index (χ4v) is 2.79. The molecular formula is C20H23F3N2O3. The molecule has 2 unspecified atom stereocenters. The number of phenolic OH excluding ortho intramolecular Hbond substituents is 1. The van der Waals surface area contributed by atoms with E-state index in [0.29, 0.717) is 12.0 Å². The second kappa shape index (κ2) is 8.97. The first-order valence-electron chi connectivity index (χ1n) is 8.83. The summed E-state index contributed by atoms with van der Waals surface area (Å²) in [7, 11) is 0. The Kier molecular flexibility index (Phi) is 6.90. The van der Waals surface area contributed by atoms with Crippen molar-refractivity contribution in [2.24, 2.45) is 0 Å². The molecule has 28 heavy (non-hydrogen) atoms. The van der Waals surface area contributed by atoms with Crippen LogP contribution < -0.4 is 10.6 Å². The van der Waals surface area contributed by atoms with Crippen LogP contribution in [0.5, 0.6) is 5.75 Å². The fraction of sp³-hybridized carbons (Fsp3) is 0.350. The summed E-state index contributed by atoms with van der Waals surface area (Å²) in [5, 5.41) is 25.3. The lowest BCUT2D eigenvalue weighted by atomic mass is 9.99. The molecule has 0 fully saturated rings. The third kappa shape index (κ3) is 5.63. The maximum atomic E-state index is 12.7. The second-order valence-corrected chi connectivity index (χ2v) is 6.51. The molecule has 8 heteroatoms. The number of aromatic hydroxyl groups is 1. The topological polar surface area (TPSA) is 81.6 Å². The molecule has 2 aromatic rings. The Morgan fingerprint density at radius 1 is 1.07 bits per heavy atom. The monoisotopic (exact) mass is 396 g/mol. The van der Waals surface area contributed by atoms with Crippen molar-refractivity contribution in [1.82, 2.24) is 10.6 Å². The molecule has 0 aromatic heterocycles. The minimum absolute atomic E-state index is 0.0794. The molecule has 4 N–H and O–H groups in total. The smallest absolute Gasteiger partial charge is 0.416 e. The number of amides is 2. The summed E-state index contributed by atoms with van der Waals surface area (Å²) in [5.41, 5.74) is 0.176. The van der Waals surface area contributed by atoms with Crippen LogP contribution >= 0.6 is 0 Å². The highest BCUT2D eigenvalue weighted by molar-refractivity contribution is 5.74.